The van der Waals surface area contributed by atoms with Crippen LogP contribution < -0.4 is 5.32 Å². The van der Waals surface area contributed by atoms with Gasteiger partial charge in [-0.2, -0.15) is 0 Å². The largest absolute Gasteiger partial charge is 0.361 e. The number of fused-ring (bicyclic) bond motifs is 1. The zero-order valence-electron chi connectivity index (χ0n) is 12.5. The van der Waals surface area contributed by atoms with Crippen LogP contribution in [0.3, 0.4) is 0 Å². The SMILES string of the molecule is CC(C)CC1(CNc2nc3ccccc3s2)CCCC1. The lowest BCUT2D eigenvalue weighted by molar-refractivity contribution is 0.252. The zero-order chi connectivity index (χ0) is 14.0. The Morgan fingerprint density at radius 1 is 1.25 bits per heavy atom. The van der Waals surface area contributed by atoms with Gasteiger partial charge in [0.1, 0.15) is 0 Å². The molecule has 0 unspecified atom stereocenters. The number of para-hydroxylation sites is 1. The van der Waals surface area contributed by atoms with Crippen molar-refractivity contribution in [2.24, 2.45) is 11.3 Å². The van der Waals surface area contributed by atoms with Gasteiger partial charge in [0.05, 0.1) is 10.2 Å². The van der Waals surface area contributed by atoms with E-state index in [1.54, 1.807) is 11.3 Å². The molecule has 1 N–H and O–H groups in total. The summed E-state index contributed by atoms with van der Waals surface area (Å²) < 4.78 is 1.28. The molecule has 1 fully saturated rings. The Labute approximate surface area is 125 Å². The highest BCUT2D eigenvalue weighted by atomic mass is 32.1. The molecule has 1 heterocycles. The van der Waals surface area contributed by atoms with E-state index in [1.807, 2.05) is 0 Å². The van der Waals surface area contributed by atoms with Crippen LogP contribution in [0.4, 0.5) is 5.13 Å². The van der Waals surface area contributed by atoms with Gasteiger partial charge < -0.3 is 5.32 Å². The van der Waals surface area contributed by atoms with E-state index >= 15 is 0 Å². The molecule has 0 bridgehead atoms. The highest BCUT2D eigenvalue weighted by molar-refractivity contribution is 7.22. The number of benzene rings is 1. The molecule has 1 aromatic heterocycles. The fourth-order valence-electron chi connectivity index (χ4n) is 3.66. The lowest BCUT2D eigenvalue weighted by atomic mass is 9.78. The summed E-state index contributed by atoms with van der Waals surface area (Å²) in [5.74, 6) is 0.783. The molecular weight excluding hydrogens is 264 g/mol. The minimum absolute atomic E-state index is 0.506. The number of rotatable bonds is 5. The van der Waals surface area contributed by atoms with Crippen molar-refractivity contribution in [3.8, 4) is 0 Å². The van der Waals surface area contributed by atoms with Crippen LogP contribution >= 0.6 is 11.3 Å². The lowest BCUT2D eigenvalue weighted by Crippen LogP contribution is -2.28. The van der Waals surface area contributed by atoms with Crippen LogP contribution in [0.25, 0.3) is 10.2 Å². The van der Waals surface area contributed by atoms with Gasteiger partial charge in [0.15, 0.2) is 5.13 Å². The first-order valence-corrected chi connectivity index (χ1v) is 8.58. The topological polar surface area (TPSA) is 24.9 Å². The van der Waals surface area contributed by atoms with Crippen molar-refractivity contribution in [2.45, 2.75) is 46.0 Å². The Hall–Kier alpha value is -1.09. The summed E-state index contributed by atoms with van der Waals surface area (Å²) in [7, 11) is 0. The van der Waals surface area contributed by atoms with Gasteiger partial charge in [0.2, 0.25) is 0 Å². The molecule has 1 aromatic carbocycles. The van der Waals surface area contributed by atoms with Crippen LogP contribution in [0, 0.1) is 11.3 Å². The lowest BCUT2D eigenvalue weighted by Gasteiger charge is -2.31. The number of anilines is 1. The number of aromatic nitrogens is 1. The van der Waals surface area contributed by atoms with E-state index in [2.05, 4.69) is 43.4 Å². The van der Waals surface area contributed by atoms with Crippen molar-refractivity contribution < 1.29 is 0 Å². The molecule has 0 spiro atoms. The Morgan fingerprint density at radius 2 is 2.00 bits per heavy atom. The first kappa shape index (κ1) is 13.9. The first-order valence-electron chi connectivity index (χ1n) is 7.76. The minimum Gasteiger partial charge on any atom is -0.361 e. The second-order valence-corrected chi connectivity index (χ2v) is 7.68. The Kier molecular flexibility index (Phi) is 3.97. The standard InChI is InChI=1S/C17H24N2S/c1-13(2)11-17(9-5-6-10-17)12-18-16-19-14-7-3-4-8-15(14)20-16/h3-4,7-8,13H,5-6,9-12H2,1-2H3,(H,18,19). The molecule has 108 valence electrons. The monoisotopic (exact) mass is 288 g/mol. The summed E-state index contributed by atoms with van der Waals surface area (Å²) in [5.41, 5.74) is 1.62. The molecule has 1 aliphatic carbocycles. The van der Waals surface area contributed by atoms with Gasteiger partial charge in [0.25, 0.3) is 0 Å². The van der Waals surface area contributed by atoms with E-state index in [1.165, 1.54) is 36.8 Å². The highest BCUT2D eigenvalue weighted by Crippen LogP contribution is 2.43. The number of hydrogen-bond donors (Lipinski definition) is 1. The quantitative estimate of drug-likeness (QED) is 0.806. The van der Waals surface area contributed by atoms with Gasteiger partial charge >= 0.3 is 0 Å². The van der Waals surface area contributed by atoms with Crippen LogP contribution in [0.15, 0.2) is 24.3 Å². The van der Waals surface area contributed by atoms with Crippen molar-refractivity contribution in [1.29, 1.82) is 0 Å². The molecule has 3 heteroatoms. The van der Waals surface area contributed by atoms with Crippen LogP contribution in [0.1, 0.15) is 46.0 Å². The summed E-state index contributed by atoms with van der Waals surface area (Å²) in [6.07, 6.45) is 6.89. The molecule has 1 aliphatic rings. The molecule has 0 aliphatic heterocycles. The summed E-state index contributed by atoms with van der Waals surface area (Å²) in [5, 5.41) is 4.71. The van der Waals surface area contributed by atoms with Crippen molar-refractivity contribution in [2.75, 3.05) is 11.9 Å². The second-order valence-electron chi connectivity index (χ2n) is 6.65. The van der Waals surface area contributed by atoms with E-state index in [4.69, 9.17) is 4.98 Å². The van der Waals surface area contributed by atoms with Gasteiger partial charge in [-0.25, -0.2) is 4.98 Å². The average Bonchev–Trinajstić information content (AvgIpc) is 3.02. The number of nitrogens with zero attached hydrogens (tertiary/aromatic N) is 1. The van der Waals surface area contributed by atoms with Gasteiger partial charge in [-0.05, 0) is 42.7 Å². The second kappa shape index (κ2) is 5.72. The van der Waals surface area contributed by atoms with Crippen LogP contribution in [0.2, 0.25) is 0 Å². The van der Waals surface area contributed by atoms with E-state index < -0.39 is 0 Å². The van der Waals surface area contributed by atoms with Gasteiger partial charge in [-0.3, -0.25) is 0 Å². The molecule has 0 atom stereocenters. The van der Waals surface area contributed by atoms with Crippen LogP contribution in [-0.4, -0.2) is 11.5 Å². The van der Waals surface area contributed by atoms with Crippen LogP contribution in [0.5, 0.6) is 0 Å². The molecule has 3 rings (SSSR count). The Bertz CT molecular complexity index is 534. The maximum absolute atomic E-state index is 4.69. The predicted octanol–water partition coefficient (Wildman–Crippen LogP) is 5.31. The molecule has 0 amide bonds. The van der Waals surface area contributed by atoms with Gasteiger partial charge in [-0.15, -0.1) is 0 Å². The Morgan fingerprint density at radius 3 is 2.70 bits per heavy atom. The summed E-state index contributed by atoms with van der Waals surface area (Å²) in [6, 6.07) is 8.39. The van der Waals surface area contributed by atoms with Crippen molar-refractivity contribution in [3.05, 3.63) is 24.3 Å². The van der Waals surface area contributed by atoms with Gasteiger partial charge in [-0.1, -0.05) is 50.2 Å². The summed E-state index contributed by atoms with van der Waals surface area (Å²) >= 11 is 1.78. The Balaban J connectivity index is 1.70. The fourth-order valence-corrected chi connectivity index (χ4v) is 4.52. The van der Waals surface area contributed by atoms with Crippen molar-refractivity contribution in [1.82, 2.24) is 4.98 Å². The van der Waals surface area contributed by atoms with Gasteiger partial charge in [0, 0.05) is 6.54 Å². The number of thiazole rings is 1. The third-order valence-electron chi connectivity index (χ3n) is 4.41. The average molecular weight is 288 g/mol. The summed E-state index contributed by atoms with van der Waals surface area (Å²) in [6.45, 7) is 5.78. The van der Waals surface area contributed by atoms with E-state index in [0.29, 0.717) is 5.41 Å². The first-order chi connectivity index (χ1) is 9.67. The molecule has 20 heavy (non-hydrogen) atoms. The maximum atomic E-state index is 4.69. The molecule has 2 aromatic rings. The highest BCUT2D eigenvalue weighted by Gasteiger charge is 2.34. The molecule has 2 nitrogen and oxygen atoms in total. The zero-order valence-corrected chi connectivity index (χ0v) is 13.3. The minimum atomic E-state index is 0.506. The number of hydrogen-bond acceptors (Lipinski definition) is 3. The molecule has 1 saturated carbocycles. The van der Waals surface area contributed by atoms with Crippen molar-refractivity contribution >= 4 is 26.7 Å². The molecule has 0 saturated heterocycles. The van der Waals surface area contributed by atoms with E-state index in [-0.39, 0.29) is 0 Å². The molecular formula is C17H24N2S. The molecule has 0 radical (unpaired) electrons. The fraction of sp³-hybridized carbons (Fsp3) is 0.588. The predicted molar refractivity (Wildman–Crippen MR) is 88.5 cm³/mol. The third kappa shape index (κ3) is 2.98. The summed E-state index contributed by atoms with van der Waals surface area (Å²) in [4.78, 5) is 4.69. The van der Waals surface area contributed by atoms with E-state index in [0.717, 1.165) is 23.1 Å². The van der Waals surface area contributed by atoms with Crippen LogP contribution in [-0.2, 0) is 0 Å². The normalized spacial score (nSPS) is 17.9. The van der Waals surface area contributed by atoms with E-state index in [9.17, 15) is 0 Å². The number of nitrogens with one attached hydrogen (secondary N) is 1. The van der Waals surface area contributed by atoms with Crippen molar-refractivity contribution in [3.63, 3.8) is 0 Å². The maximum Gasteiger partial charge on any atom is 0.183 e. The smallest absolute Gasteiger partial charge is 0.183 e. The third-order valence-corrected chi connectivity index (χ3v) is 5.41.